The van der Waals surface area contributed by atoms with E-state index in [1.807, 2.05) is 12.1 Å². The van der Waals surface area contributed by atoms with Crippen molar-refractivity contribution in [2.75, 3.05) is 30.5 Å². The summed E-state index contributed by atoms with van der Waals surface area (Å²) in [7, 11) is 0. The van der Waals surface area contributed by atoms with Gasteiger partial charge in [0.2, 0.25) is 0 Å². The lowest BCUT2D eigenvalue weighted by Gasteiger charge is -2.32. The second-order valence-corrected chi connectivity index (χ2v) is 3.48. The molecule has 1 fully saturated rings. The zero-order valence-electron chi connectivity index (χ0n) is 7.77. The Morgan fingerprint density at radius 2 is 2.57 bits per heavy atom. The zero-order chi connectivity index (χ0) is 9.80. The Labute approximate surface area is 87.8 Å². The molecule has 0 radical (unpaired) electrons. The SMILES string of the molecule is ClCC1CN(c2cccnn2)CCO1. The minimum Gasteiger partial charge on any atom is -0.373 e. The van der Waals surface area contributed by atoms with Gasteiger partial charge in [0.1, 0.15) is 0 Å². The molecule has 1 aromatic heterocycles. The molecule has 0 aliphatic carbocycles. The van der Waals surface area contributed by atoms with Crippen molar-refractivity contribution in [2.45, 2.75) is 6.10 Å². The number of hydrogen-bond acceptors (Lipinski definition) is 4. The summed E-state index contributed by atoms with van der Waals surface area (Å²) in [6.07, 6.45) is 1.77. The van der Waals surface area contributed by atoms with Gasteiger partial charge >= 0.3 is 0 Å². The summed E-state index contributed by atoms with van der Waals surface area (Å²) in [6.45, 7) is 2.35. The average Bonchev–Trinajstić information content (AvgIpc) is 2.30. The van der Waals surface area contributed by atoms with Crippen molar-refractivity contribution in [2.24, 2.45) is 0 Å². The van der Waals surface area contributed by atoms with Crippen molar-refractivity contribution in [1.82, 2.24) is 10.2 Å². The van der Waals surface area contributed by atoms with E-state index in [-0.39, 0.29) is 6.10 Å². The molecule has 0 bridgehead atoms. The van der Waals surface area contributed by atoms with Gasteiger partial charge in [-0.25, -0.2) is 0 Å². The van der Waals surface area contributed by atoms with Crippen LogP contribution < -0.4 is 4.90 Å². The molecule has 1 aliphatic heterocycles. The van der Waals surface area contributed by atoms with Gasteiger partial charge in [0.25, 0.3) is 0 Å². The summed E-state index contributed by atoms with van der Waals surface area (Å²) >= 11 is 5.75. The summed E-state index contributed by atoms with van der Waals surface area (Å²) < 4.78 is 5.46. The normalized spacial score (nSPS) is 22.4. The van der Waals surface area contributed by atoms with Crippen LogP contribution in [0.25, 0.3) is 0 Å². The van der Waals surface area contributed by atoms with Crippen molar-refractivity contribution in [3.63, 3.8) is 0 Å². The topological polar surface area (TPSA) is 38.2 Å². The van der Waals surface area contributed by atoms with E-state index in [2.05, 4.69) is 15.1 Å². The molecule has 14 heavy (non-hydrogen) atoms. The van der Waals surface area contributed by atoms with Crippen molar-refractivity contribution in [3.05, 3.63) is 18.3 Å². The maximum absolute atomic E-state index is 5.75. The van der Waals surface area contributed by atoms with Gasteiger partial charge in [-0.15, -0.1) is 16.7 Å². The van der Waals surface area contributed by atoms with Gasteiger partial charge in [-0.05, 0) is 12.1 Å². The van der Waals surface area contributed by atoms with Gasteiger partial charge in [-0.3, -0.25) is 0 Å². The fourth-order valence-electron chi connectivity index (χ4n) is 1.48. The Bertz CT molecular complexity index is 283. The number of nitrogens with zero attached hydrogens (tertiary/aromatic N) is 3. The largest absolute Gasteiger partial charge is 0.373 e. The van der Waals surface area contributed by atoms with Crippen molar-refractivity contribution < 1.29 is 4.74 Å². The highest BCUT2D eigenvalue weighted by molar-refractivity contribution is 6.18. The molecule has 1 saturated heterocycles. The fourth-order valence-corrected chi connectivity index (χ4v) is 1.67. The van der Waals surface area contributed by atoms with Crippen LogP contribution in [0.4, 0.5) is 5.82 Å². The Hall–Kier alpha value is -0.870. The first kappa shape index (κ1) is 9.68. The molecule has 1 aliphatic rings. The third kappa shape index (κ3) is 2.13. The van der Waals surface area contributed by atoms with E-state index in [0.29, 0.717) is 12.5 Å². The van der Waals surface area contributed by atoms with Crippen LogP contribution in [-0.2, 0) is 4.74 Å². The monoisotopic (exact) mass is 213 g/mol. The summed E-state index contributed by atoms with van der Waals surface area (Å²) in [4.78, 5) is 2.14. The van der Waals surface area contributed by atoms with E-state index >= 15 is 0 Å². The lowest BCUT2D eigenvalue weighted by molar-refractivity contribution is 0.0551. The summed E-state index contributed by atoms with van der Waals surface area (Å²) in [5.74, 6) is 1.42. The Morgan fingerprint density at radius 3 is 3.29 bits per heavy atom. The van der Waals surface area contributed by atoms with Gasteiger partial charge in [0.15, 0.2) is 5.82 Å². The molecule has 0 amide bonds. The van der Waals surface area contributed by atoms with E-state index in [9.17, 15) is 0 Å². The Balaban J connectivity index is 2.04. The third-order valence-corrected chi connectivity index (χ3v) is 2.54. The molecule has 2 heterocycles. The molecular formula is C9H12ClN3O. The quantitative estimate of drug-likeness (QED) is 0.685. The molecule has 0 aromatic carbocycles. The number of anilines is 1. The van der Waals surface area contributed by atoms with Crippen LogP contribution in [0.1, 0.15) is 0 Å². The molecular weight excluding hydrogens is 202 g/mol. The Morgan fingerprint density at radius 1 is 1.64 bits per heavy atom. The smallest absolute Gasteiger partial charge is 0.151 e. The van der Waals surface area contributed by atoms with Crippen molar-refractivity contribution >= 4 is 17.4 Å². The standard InChI is InChI=1S/C9H12ClN3O/c10-6-8-7-13(4-5-14-8)9-2-1-3-11-12-9/h1-3,8H,4-7H2. The summed E-state index contributed by atoms with van der Waals surface area (Å²) in [5.41, 5.74) is 0. The summed E-state index contributed by atoms with van der Waals surface area (Å²) in [6, 6.07) is 3.83. The minimum absolute atomic E-state index is 0.104. The van der Waals surface area contributed by atoms with Crippen LogP contribution >= 0.6 is 11.6 Å². The van der Waals surface area contributed by atoms with Gasteiger partial charge in [-0.2, -0.15) is 5.10 Å². The van der Waals surface area contributed by atoms with Crippen molar-refractivity contribution in [3.8, 4) is 0 Å². The predicted octanol–water partition coefficient (Wildman–Crippen LogP) is 0.921. The first-order chi connectivity index (χ1) is 6.90. The van der Waals surface area contributed by atoms with Crippen LogP contribution in [0, 0.1) is 0 Å². The number of morpholine rings is 1. The number of halogens is 1. The van der Waals surface area contributed by atoms with Crippen LogP contribution in [-0.4, -0.2) is 41.9 Å². The molecule has 4 nitrogen and oxygen atoms in total. The van der Waals surface area contributed by atoms with E-state index in [4.69, 9.17) is 16.3 Å². The average molecular weight is 214 g/mol. The van der Waals surface area contributed by atoms with Crippen LogP contribution in [0.5, 0.6) is 0 Å². The minimum atomic E-state index is 0.104. The van der Waals surface area contributed by atoms with E-state index in [1.165, 1.54) is 0 Å². The summed E-state index contributed by atoms with van der Waals surface area (Å²) in [5, 5.41) is 7.89. The van der Waals surface area contributed by atoms with Crippen LogP contribution in [0.15, 0.2) is 18.3 Å². The lowest BCUT2D eigenvalue weighted by Crippen LogP contribution is -2.43. The van der Waals surface area contributed by atoms with Crippen LogP contribution in [0.3, 0.4) is 0 Å². The van der Waals surface area contributed by atoms with E-state index in [0.717, 1.165) is 18.9 Å². The first-order valence-corrected chi connectivity index (χ1v) is 5.14. The molecule has 0 saturated carbocycles. The number of hydrogen-bond donors (Lipinski definition) is 0. The molecule has 1 unspecified atom stereocenters. The number of alkyl halides is 1. The molecule has 2 rings (SSSR count). The van der Waals surface area contributed by atoms with Gasteiger partial charge in [0.05, 0.1) is 18.6 Å². The number of aromatic nitrogens is 2. The highest BCUT2D eigenvalue weighted by Gasteiger charge is 2.20. The molecule has 1 atom stereocenters. The van der Waals surface area contributed by atoms with E-state index < -0.39 is 0 Å². The molecule has 1 aromatic rings. The van der Waals surface area contributed by atoms with E-state index in [1.54, 1.807) is 6.20 Å². The molecule has 76 valence electrons. The van der Waals surface area contributed by atoms with Gasteiger partial charge in [0, 0.05) is 19.3 Å². The highest BCUT2D eigenvalue weighted by atomic mass is 35.5. The predicted molar refractivity (Wildman–Crippen MR) is 54.7 cm³/mol. The first-order valence-electron chi connectivity index (χ1n) is 4.60. The lowest BCUT2D eigenvalue weighted by atomic mass is 10.3. The third-order valence-electron chi connectivity index (χ3n) is 2.19. The number of ether oxygens (including phenoxy) is 1. The maximum Gasteiger partial charge on any atom is 0.151 e. The van der Waals surface area contributed by atoms with Crippen molar-refractivity contribution in [1.29, 1.82) is 0 Å². The fraction of sp³-hybridized carbons (Fsp3) is 0.556. The highest BCUT2D eigenvalue weighted by Crippen LogP contribution is 2.13. The second kappa shape index (κ2) is 4.57. The maximum atomic E-state index is 5.75. The van der Waals surface area contributed by atoms with Gasteiger partial charge < -0.3 is 9.64 Å². The van der Waals surface area contributed by atoms with Crippen LogP contribution in [0.2, 0.25) is 0 Å². The zero-order valence-corrected chi connectivity index (χ0v) is 8.52. The Kier molecular flexibility index (Phi) is 3.16. The molecule has 0 N–H and O–H groups in total. The molecule has 5 heteroatoms. The number of rotatable bonds is 2. The second-order valence-electron chi connectivity index (χ2n) is 3.17. The van der Waals surface area contributed by atoms with Gasteiger partial charge in [-0.1, -0.05) is 0 Å². The molecule has 0 spiro atoms.